The van der Waals surface area contributed by atoms with E-state index in [1.54, 1.807) is 0 Å². The van der Waals surface area contributed by atoms with Crippen LogP contribution in [-0.2, 0) is 6.54 Å². The minimum Gasteiger partial charge on any atom is -0.343 e. The van der Waals surface area contributed by atoms with E-state index in [4.69, 9.17) is 11.6 Å². The highest BCUT2D eigenvalue weighted by molar-refractivity contribution is 9.10. The summed E-state index contributed by atoms with van der Waals surface area (Å²) in [6.07, 6.45) is 2.10. The van der Waals surface area contributed by atoms with Gasteiger partial charge in [0.25, 0.3) is 0 Å². The summed E-state index contributed by atoms with van der Waals surface area (Å²) in [6, 6.07) is 16.5. The second kappa shape index (κ2) is 4.79. The van der Waals surface area contributed by atoms with Crippen LogP contribution in [0.25, 0.3) is 10.9 Å². The number of benzene rings is 2. The molecule has 1 nitrogen and oxygen atoms in total. The summed E-state index contributed by atoms with van der Waals surface area (Å²) in [7, 11) is 0. The van der Waals surface area contributed by atoms with Gasteiger partial charge >= 0.3 is 0 Å². The molecule has 18 heavy (non-hydrogen) atoms. The molecule has 0 radical (unpaired) electrons. The van der Waals surface area contributed by atoms with Crippen LogP contribution >= 0.6 is 27.5 Å². The minimum atomic E-state index is 0.781. The third kappa shape index (κ3) is 2.31. The highest BCUT2D eigenvalue weighted by atomic mass is 79.9. The molecule has 0 atom stereocenters. The molecule has 90 valence electrons. The van der Waals surface area contributed by atoms with Gasteiger partial charge in [-0.2, -0.15) is 0 Å². The molecule has 0 aliphatic rings. The fourth-order valence-electron chi connectivity index (χ4n) is 2.10. The van der Waals surface area contributed by atoms with Crippen LogP contribution in [-0.4, -0.2) is 4.57 Å². The van der Waals surface area contributed by atoms with Gasteiger partial charge in [0.2, 0.25) is 0 Å². The van der Waals surface area contributed by atoms with Crippen molar-refractivity contribution in [1.82, 2.24) is 4.57 Å². The van der Waals surface area contributed by atoms with Gasteiger partial charge in [-0.3, -0.25) is 0 Å². The summed E-state index contributed by atoms with van der Waals surface area (Å²) >= 11 is 9.44. The molecule has 0 aliphatic heterocycles. The smallest absolute Gasteiger partial charge is 0.0484 e. The van der Waals surface area contributed by atoms with E-state index in [0.717, 1.165) is 16.0 Å². The molecule has 3 rings (SSSR count). The molecule has 0 N–H and O–H groups in total. The molecule has 3 aromatic rings. The Balaban J connectivity index is 1.97. The van der Waals surface area contributed by atoms with Crippen molar-refractivity contribution in [3.8, 4) is 0 Å². The van der Waals surface area contributed by atoms with Gasteiger partial charge in [0.15, 0.2) is 0 Å². The molecule has 3 heteroatoms. The van der Waals surface area contributed by atoms with Crippen LogP contribution < -0.4 is 0 Å². The van der Waals surface area contributed by atoms with Crippen LogP contribution in [0.15, 0.2) is 59.2 Å². The number of halogens is 2. The van der Waals surface area contributed by atoms with Crippen molar-refractivity contribution < 1.29 is 0 Å². The Morgan fingerprint density at radius 1 is 1.00 bits per heavy atom. The van der Waals surface area contributed by atoms with Crippen molar-refractivity contribution in [3.63, 3.8) is 0 Å². The summed E-state index contributed by atoms with van der Waals surface area (Å²) in [5.74, 6) is 0. The quantitative estimate of drug-likeness (QED) is 0.618. The zero-order valence-corrected chi connectivity index (χ0v) is 11.9. The molecule has 0 saturated carbocycles. The van der Waals surface area contributed by atoms with Crippen LogP contribution in [0.2, 0.25) is 5.02 Å². The summed E-state index contributed by atoms with van der Waals surface area (Å²) in [5, 5.41) is 1.96. The topological polar surface area (TPSA) is 4.93 Å². The summed E-state index contributed by atoms with van der Waals surface area (Å²) < 4.78 is 3.34. The van der Waals surface area contributed by atoms with Gasteiger partial charge in [-0.25, -0.2) is 0 Å². The predicted octanol–water partition coefficient (Wildman–Crippen LogP) is 5.11. The van der Waals surface area contributed by atoms with Gasteiger partial charge in [0.1, 0.15) is 0 Å². The lowest BCUT2D eigenvalue weighted by Crippen LogP contribution is -1.97. The van der Waals surface area contributed by atoms with E-state index >= 15 is 0 Å². The van der Waals surface area contributed by atoms with E-state index in [0.29, 0.717) is 0 Å². The average Bonchev–Trinajstić information content (AvgIpc) is 2.74. The third-order valence-corrected chi connectivity index (χ3v) is 3.76. The Bertz CT molecular complexity index is 685. The van der Waals surface area contributed by atoms with E-state index in [1.807, 2.05) is 12.1 Å². The first kappa shape index (κ1) is 11.8. The van der Waals surface area contributed by atoms with Crippen molar-refractivity contribution in [2.24, 2.45) is 0 Å². The predicted molar refractivity (Wildman–Crippen MR) is 80.2 cm³/mol. The first-order valence-corrected chi connectivity index (χ1v) is 6.88. The Kier molecular flexibility index (Phi) is 3.14. The molecule has 0 fully saturated rings. The fourth-order valence-corrected chi connectivity index (χ4v) is 2.54. The van der Waals surface area contributed by atoms with E-state index < -0.39 is 0 Å². The fraction of sp³-hybridized carbons (Fsp3) is 0.0667. The minimum absolute atomic E-state index is 0.781. The van der Waals surface area contributed by atoms with Gasteiger partial charge in [-0.05, 0) is 42.0 Å². The van der Waals surface area contributed by atoms with Crippen molar-refractivity contribution in [2.75, 3.05) is 0 Å². The lowest BCUT2D eigenvalue weighted by Gasteiger charge is -2.06. The molecule has 1 heterocycles. The standard InChI is InChI=1S/C15H11BrClN/c16-13-3-1-11(2-4-13)10-18-8-7-12-9-14(17)5-6-15(12)18/h1-9H,10H2. The molecular weight excluding hydrogens is 310 g/mol. The zero-order valence-electron chi connectivity index (χ0n) is 9.61. The van der Waals surface area contributed by atoms with Gasteiger partial charge in [-0.1, -0.05) is 39.7 Å². The van der Waals surface area contributed by atoms with Crippen LogP contribution in [0.4, 0.5) is 0 Å². The van der Waals surface area contributed by atoms with E-state index in [1.165, 1.54) is 16.5 Å². The van der Waals surface area contributed by atoms with Gasteiger partial charge in [0, 0.05) is 33.1 Å². The molecule has 0 amide bonds. The number of hydrogen-bond donors (Lipinski definition) is 0. The first-order valence-electron chi connectivity index (χ1n) is 5.71. The van der Waals surface area contributed by atoms with Crippen LogP contribution in [0.1, 0.15) is 5.56 Å². The zero-order chi connectivity index (χ0) is 12.5. The molecule has 1 aromatic heterocycles. The molecule has 0 saturated heterocycles. The van der Waals surface area contributed by atoms with Crippen molar-refractivity contribution >= 4 is 38.4 Å². The Morgan fingerprint density at radius 2 is 1.78 bits per heavy atom. The van der Waals surface area contributed by atoms with E-state index in [2.05, 4.69) is 63.1 Å². The Hall–Kier alpha value is -1.25. The van der Waals surface area contributed by atoms with Gasteiger partial charge in [0.05, 0.1) is 0 Å². The molecule has 0 spiro atoms. The van der Waals surface area contributed by atoms with E-state index in [-0.39, 0.29) is 0 Å². The van der Waals surface area contributed by atoms with Crippen molar-refractivity contribution in [3.05, 3.63) is 69.8 Å². The summed E-state index contributed by atoms with van der Waals surface area (Å²) in [5.41, 5.74) is 2.49. The molecule has 0 aliphatic carbocycles. The van der Waals surface area contributed by atoms with Crippen molar-refractivity contribution in [2.45, 2.75) is 6.54 Å². The maximum Gasteiger partial charge on any atom is 0.0484 e. The number of nitrogens with zero attached hydrogens (tertiary/aromatic N) is 1. The van der Waals surface area contributed by atoms with Gasteiger partial charge in [-0.15, -0.1) is 0 Å². The van der Waals surface area contributed by atoms with E-state index in [9.17, 15) is 0 Å². The second-order valence-electron chi connectivity index (χ2n) is 4.27. The number of rotatable bonds is 2. The monoisotopic (exact) mass is 319 g/mol. The highest BCUT2D eigenvalue weighted by Crippen LogP contribution is 2.21. The Labute approximate surface area is 119 Å². The summed E-state index contributed by atoms with van der Waals surface area (Å²) in [4.78, 5) is 0. The molecular formula is C15H11BrClN. The first-order chi connectivity index (χ1) is 8.72. The van der Waals surface area contributed by atoms with Crippen LogP contribution in [0.3, 0.4) is 0 Å². The van der Waals surface area contributed by atoms with Gasteiger partial charge < -0.3 is 4.57 Å². The largest absolute Gasteiger partial charge is 0.343 e. The average molecular weight is 321 g/mol. The molecule has 0 bridgehead atoms. The number of fused-ring (bicyclic) bond motifs is 1. The van der Waals surface area contributed by atoms with Crippen LogP contribution in [0, 0.1) is 0 Å². The lowest BCUT2D eigenvalue weighted by molar-refractivity contribution is 0.837. The summed E-state index contributed by atoms with van der Waals surface area (Å²) in [6.45, 7) is 0.873. The Morgan fingerprint density at radius 3 is 2.56 bits per heavy atom. The van der Waals surface area contributed by atoms with Crippen molar-refractivity contribution in [1.29, 1.82) is 0 Å². The molecule has 2 aromatic carbocycles. The SMILES string of the molecule is Clc1ccc2c(ccn2Cc2ccc(Br)cc2)c1. The number of aromatic nitrogens is 1. The maximum absolute atomic E-state index is 5.99. The molecule has 0 unspecified atom stereocenters. The third-order valence-electron chi connectivity index (χ3n) is 3.00. The normalized spacial score (nSPS) is 11.0. The highest BCUT2D eigenvalue weighted by Gasteiger charge is 2.02. The maximum atomic E-state index is 5.99. The lowest BCUT2D eigenvalue weighted by atomic mass is 10.2. The number of hydrogen-bond acceptors (Lipinski definition) is 0. The van der Waals surface area contributed by atoms with Crippen LogP contribution in [0.5, 0.6) is 0 Å². The second-order valence-corrected chi connectivity index (χ2v) is 5.63.